The van der Waals surface area contributed by atoms with E-state index in [0.29, 0.717) is 23.3 Å². The van der Waals surface area contributed by atoms with E-state index in [1.807, 2.05) is 12.1 Å². The van der Waals surface area contributed by atoms with Gasteiger partial charge in [-0.2, -0.15) is 0 Å². The van der Waals surface area contributed by atoms with Crippen molar-refractivity contribution in [3.05, 3.63) is 17.7 Å². The van der Waals surface area contributed by atoms with E-state index in [4.69, 9.17) is 14.2 Å². The molecule has 2 rings (SSSR count). The molecule has 1 aliphatic rings. The van der Waals surface area contributed by atoms with Gasteiger partial charge in [0.05, 0.1) is 21.3 Å². The van der Waals surface area contributed by atoms with Crippen LogP contribution in [0.1, 0.15) is 11.6 Å². The molecule has 82 valence electrons. The highest BCUT2D eigenvalue weighted by Gasteiger charge is 2.25. The Morgan fingerprint density at radius 1 is 1.07 bits per heavy atom. The number of methoxy groups -OCH3 is 3. The fourth-order valence-corrected chi connectivity index (χ4v) is 1.60. The molecule has 1 aromatic rings. The van der Waals surface area contributed by atoms with Crippen LogP contribution in [-0.2, 0) is 0 Å². The summed E-state index contributed by atoms with van der Waals surface area (Å²) in [7, 11) is 4.86. The summed E-state index contributed by atoms with van der Waals surface area (Å²) < 4.78 is 15.8. The van der Waals surface area contributed by atoms with E-state index in [2.05, 4.69) is 5.32 Å². The minimum Gasteiger partial charge on any atom is -0.493 e. The van der Waals surface area contributed by atoms with Crippen LogP contribution in [0.25, 0.3) is 0 Å². The van der Waals surface area contributed by atoms with Crippen molar-refractivity contribution < 1.29 is 14.2 Å². The Balaban J connectivity index is 2.45. The summed E-state index contributed by atoms with van der Waals surface area (Å²) in [6, 6.07) is 4.39. The summed E-state index contributed by atoms with van der Waals surface area (Å²) in [6.07, 6.45) is 0. The van der Waals surface area contributed by atoms with Gasteiger partial charge >= 0.3 is 0 Å². The average Bonchev–Trinajstić information content (AvgIpc) is 3.10. The topological polar surface area (TPSA) is 49.6 Å². The molecule has 4 nitrogen and oxygen atoms in total. The fraction of sp³-hybridized carbons (Fsp3) is 0.455. The maximum absolute atomic E-state index is 5.26. The number of hydrogen-bond donors (Lipinski definition) is 1. The predicted molar refractivity (Wildman–Crippen MR) is 56.8 cm³/mol. The van der Waals surface area contributed by atoms with Gasteiger partial charge in [-0.15, -0.1) is 0 Å². The van der Waals surface area contributed by atoms with Gasteiger partial charge in [0.1, 0.15) is 0 Å². The largest absolute Gasteiger partial charge is 0.493 e. The number of benzene rings is 1. The average molecular weight is 209 g/mol. The summed E-state index contributed by atoms with van der Waals surface area (Å²) in [4.78, 5) is 0. The van der Waals surface area contributed by atoms with Crippen LogP contribution in [0.5, 0.6) is 17.2 Å². The second kappa shape index (κ2) is 3.98. The quantitative estimate of drug-likeness (QED) is 0.761. The second-order valence-electron chi connectivity index (χ2n) is 3.42. The number of rotatable bonds is 4. The second-order valence-corrected chi connectivity index (χ2v) is 3.42. The van der Waals surface area contributed by atoms with Crippen molar-refractivity contribution in [2.75, 3.05) is 27.9 Å². The lowest BCUT2D eigenvalue weighted by molar-refractivity contribution is 0.324. The van der Waals surface area contributed by atoms with Crippen molar-refractivity contribution in [2.45, 2.75) is 6.04 Å². The molecule has 0 aromatic heterocycles. The van der Waals surface area contributed by atoms with Crippen LogP contribution in [0.3, 0.4) is 0 Å². The van der Waals surface area contributed by atoms with E-state index in [-0.39, 0.29) is 0 Å². The SMILES string of the molecule is COc1cc(C2CN2)cc(OC)c1OC. The van der Waals surface area contributed by atoms with Crippen molar-refractivity contribution in [3.8, 4) is 17.2 Å². The van der Waals surface area contributed by atoms with Gasteiger partial charge < -0.3 is 19.5 Å². The molecule has 1 atom stereocenters. The lowest BCUT2D eigenvalue weighted by atomic mass is 10.1. The first-order valence-electron chi connectivity index (χ1n) is 4.83. The van der Waals surface area contributed by atoms with Crippen LogP contribution in [0.15, 0.2) is 12.1 Å². The first kappa shape index (κ1) is 10.1. The molecule has 1 aromatic carbocycles. The van der Waals surface area contributed by atoms with Gasteiger partial charge in [0, 0.05) is 12.6 Å². The zero-order valence-corrected chi connectivity index (χ0v) is 9.16. The van der Waals surface area contributed by atoms with Crippen LogP contribution in [0.2, 0.25) is 0 Å². The van der Waals surface area contributed by atoms with Gasteiger partial charge in [-0.05, 0) is 17.7 Å². The smallest absolute Gasteiger partial charge is 0.203 e. The Hall–Kier alpha value is -1.42. The maximum atomic E-state index is 5.26. The molecule has 0 spiro atoms. The molecule has 0 radical (unpaired) electrons. The molecule has 4 heteroatoms. The Morgan fingerprint density at radius 3 is 1.93 bits per heavy atom. The van der Waals surface area contributed by atoms with E-state index in [9.17, 15) is 0 Å². The number of ether oxygens (including phenoxy) is 3. The minimum atomic E-state index is 0.429. The van der Waals surface area contributed by atoms with Crippen LogP contribution >= 0.6 is 0 Å². The van der Waals surface area contributed by atoms with Gasteiger partial charge in [-0.3, -0.25) is 0 Å². The third kappa shape index (κ3) is 1.85. The predicted octanol–water partition coefficient (Wildman–Crippen LogP) is 1.36. The molecule has 0 amide bonds. The van der Waals surface area contributed by atoms with Gasteiger partial charge in [-0.25, -0.2) is 0 Å². The van der Waals surface area contributed by atoms with E-state index in [1.165, 1.54) is 5.56 Å². The van der Waals surface area contributed by atoms with E-state index in [0.717, 1.165) is 6.54 Å². The minimum absolute atomic E-state index is 0.429. The zero-order valence-electron chi connectivity index (χ0n) is 9.16. The molecule has 0 bridgehead atoms. The maximum Gasteiger partial charge on any atom is 0.203 e. The normalized spacial score (nSPS) is 18.5. The third-order valence-electron chi connectivity index (χ3n) is 2.50. The van der Waals surface area contributed by atoms with Crippen LogP contribution in [0, 0.1) is 0 Å². The van der Waals surface area contributed by atoms with Gasteiger partial charge in [-0.1, -0.05) is 0 Å². The Labute approximate surface area is 89.1 Å². The lowest BCUT2D eigenvalue weighted by Crippen LogP contribution is -1.97. The van der Waals surface area contributed by atoms with Gasteiger partial charge in [0.2, 0.25) is 5.75 Å². The number of nitrogens with one attached hydrogen (secondary N) is 1. The van der Waals surface area contributed by atoms with Crippen LogP contribution in [-0.4, -0.2) is 27.9 Å². The summed E-state index contributed by atoms with van der Waals surface area (Å²) in [5.74, 6) is 2.06. The Morgan fingerprint density at radius 2 is 1.60 bits per heavy atom. The first-order chi connectivity index (χ1) is 7.30. The van der Waals surface area contributed by atoms with Gasteiger partial charge in [0.25, 0.3) is 0 Å². The standard InChI is InChI=1S/C11H15NO3/c1-13-9-4-7(8-6-12-8)5-10(14-2)11(9)15-3/h4-5,8,12H,6H2,1-3H3. The molecule has 1 aliphatic heterocycles. The van der Waals surface area contributed by atoms with E-state index >= 15 is 0 Å². The zero-order chi connectivity index (χ0) is 10.8. The molecule has 15 heavy (non-hydrogen) atoms. The fourth-order valence-electron chi connectivity index (χ4n) is 1.60. The van der Waals surface area contributed by atoms with Crippen molar-refractivity contribution >= 4 is 0 Å². The first-order valence-corrected chi connectivity index (χ1v) is 4.83. The Bertz CT molecular complexity index is 336. The van der Waals surface area contributed by atoms with Gasteiger partial charge in [0.15, 0.2) is 11.5 Å². The molecular formula is C11H15NO3. The van der Waals surface area contributed by atoms with Crippen LogP contribution in [0.4, 0.5) is 0 Å². The Kier molecular flexibility index (Phi) is 2.68. The van der Waals surface area contributed by atoms with Crippen LogP contribution < -0.4 is 19.5 Å². The van der Waals surface area contributed by atoms with Crippen molar-refractivity contribution in [2.24, 2.45) is 0 Å². The number of hydrogen-bond acceptors (Lipinski definition) is 4. The monoisotopic (exact) mass is 209 g/mol. The molecule has 1 N–H and O–H groups in total. The molecular weight excluding hydrogens is 194 g/mol. The third-order valence-corrected chi connectivity index (χ3v) is 2.50. The molecule has 0 aliphatic carbocycles. The van der Waals surface area contributed by atoms with Crippen molar-refractivity contribution in [1.82, 2.24) is 5.32 Å². The summed E-state index contributed by atoms with van der Waals surface area (Å²) in [6.45, 7) is 1.01. The molecule has 1 fully saturated rings. The summed E-state index contributed by atoms with van der Waals surface area (Å²) in [5, 5.41) is 3.24. The molecule has 1 unspecified atom stereocenters. The molecule has 1 saturated heterocycles. The summed E-state index contributed by atoms with van der Waals surface area (Å²) in [5.41, 5.74) is 1.17. The van der Waals surface area contributed by atoms with Crippen molar-refractivity contribution in [3.63, 3.8) is 0 Å². The highest BCUT2D eigenvalue weighted by atomic mass is 16.5. The highest BCUT2D eigenvalue weighted by Crippen LogP contribution is 2.40. The van der Waals surface area contributed by atoms with E-state index < -0.39 is 0 Å². The lowest BCUT2D eigenvalue weighted by Gasteiger charge is -2.13. The summed E-state index contributed by atoms with van der Waals surface area (Å²) >= 11 is 0. The molecule has 1 heterocycles. The van der Waals surface area contributed by atoms with E-state index in [1.54, 1.807) is 21.3 Å². The van der Waals surface area contributed by atoms with Crippen molar-refractivity contribution in [1.29, 1.82) is 0 Å². The molecule has 0 saturated carbocycles. The highest BCUT2D eigenvalue weighted by molar-refractivity contribution is 5.54.